The summed E-state index contributed by atoms with van der Waals surface area (Å²) >= 11 is 0. The number of hydrogen-bond donors (Lipinski definition) is 0. The second-order valence-electron chi connectivity index (χ2n) is 4.33. The number of esters is 1. The van der Waals surface area contributed by atoms with Crippen molar-refractivity contribution in [2.75, 3.05) is 38.8 Å². The van der Waals surface area contributed by atoms with Crippen molar-refractivity contribution in [1.82, 2.24) is 9.78 Å². The monoisotopic (exact) mass is 280 g/mol. The Morgan fingerprint density at radius 2 is 2.15 bits per heavy atom. The highest BCUT2D eigenvalue weighted by Crippen LogP contribution is 2.22. The number of methoxy groups -OCH3 is 2. The second-order valence-corrected chi connectivity index (χ2v) is 4.33. The third kappa shape index (κ3) is 3.71. The number of anilines is 1. The summed E-state index contributed by atoms with van der Waals surface area (Å²) in [7, 11) is 4.75. The quantitative estimate of drug-likeness (QED) is 0.681. The largest absolute Gasteiger partial charge is 0.469 e. The van der Waals surface area contributed by atoms with Gasteiger partial charge in [-0.2, -0.15) is 10.4 Å². The lowest BCUT2D eigenvalue weighted by Gasteiger charge is -2.24. The van der Waals surface area contributed by atoms with Gasteiger partial charge in [0.05, 0.1) is 25.8 Å². The van der Waals surface area contributed by atoms with Crippen LogP contribution in [0.15, 0.2) is 0 Å². The molecule has 0 amide bonds. The van der Waals surface area contributed by atoms with Crippen LogP contribution >= 0.6 is 0 Å². The van der Waals surface area contributed by atoms with E-state index in [1.165, 1.54) is 7.11 Å². The van der Waals surface area contributed by atoms with Gasteiger partial charge in [0.15, 0.2) is 0 Å². The topological polar surface area (TPSA) is 80.4 Å². The van der Waals surface area contributed by atoms with Crippen LogP contribution in [0.3, 0.4) is 0 Å². The molecule has 7 heteroatoms. The number of carbonyl (C=O) groups excluding carboxylic acids is 1. The van der Waals surface area contributed by atoms with Crippen molar-refractivity contribution in [1.29, 1.82) is 5.26 Å². The van der Waals surface area contributed by atoms with Crippen LogP contribution < -0.4 is 4.90 Å². The minimum atomic E-state index is -0.287. The molecule has 0 radical (unpaired) electrons. The molecule has 0 N–H and O–H groups in total. The maximum atomic E-state index is 11.3. The van der Waals surface area contributed by atoms with Crippen LogP contribution in [0.25, 0.3) is 0 Å². The summed E-state index contributed by atoms with van der Waals surface area (Å²) in [4.78, 5) is 13.2. The Balaban J connectivity index is 2.98. The Morgan fingerprint density at radius 3 is 2.70 bits per heavy atom. The molecule has 1 rings (SSSR count). The summed E-state index contributed by atoms with van der Waals surface area (Å²) in [6, 6.07) is 2.16. The van der Waals surface area contributed by atoms with E-state index in [1.54, 1.807) is 25.8 Å². The van der Waals surface area contributed by atoms with Crippen LogP contribution in [0, 0.1) is 18.3 Å². The highest BCUT2D eigenvalue weighted by atomic mass is 16.5. The fourth-order valence-electron chi connectivity index (χ4n) is 1.99. The summed E-state index contributed by atoms with van der Waals surface area (Å²) in [5.74, 6) is 0.413. The lowest BCUT2D eigenvalue weighted by atomic mass is 10.2. The Labute approximate surface area is 118 Å². The molecule has 1 aromatic heterocycles. The molecule has 110 valence electrons. The summed E-state index contributed by atoms with van der Waals surface area (Å²) in [5, 5.41) is 13.5. The minimum absolute atomic E-state index is 0.245. The molecular formula is C13H20N4O3. The Kier molecular flexibility index (Phi) is 6.00. The van der Waals surface area contributed by atoms with E-state index in [0.29, 0.717) is 36.8 Å². The van der Waals surface area contributed by atoms with Crippen molar-refractivity contribution in [3.05, 3.63) is 11.3 Å². The molecule has 0 saturated carbocycles. The van der Waals surface area contributed by atoms with Gasteiger partial charge in [0.2, 0.25) is 0 Å². The molecule has 0 aliphatic carbocycles. The molecule has 0 fully saturated rings. The van der Waals surface area contributed by atoms with Gasteiger partial charge in [-0.1, -0.05) is 0 Å². The van der Waals surface area contributed by atoms with Crippen molar-refractivity contribution in [3.8, 4) is 6.07 Å². The van der Waals surface area contributed by atoms with Gasteiger partial charge < -0.3 is 14.4 Å². The third-order valence-corrected chi connectivity index (χ3v) is 2.98. The average molecular weight is 280 g/mol. The Bertz CT molecular complexity index is 504. The highest BCUT2D eigenvalue weighted by molar-refractivity contribution is 5.70. The molecule has 0 aliphatic heterocycles. The van der Waals surface area contributed by atoms with E-state index in [9.17, 15) is 10.1 Å². The summed E-state index contributed by atoms with van der Waals surface area (Å²) < 4.78 is 11.4. The first-order valence-electron chi connectivity index (χ1n) is 6.29. The lowest BCUT2D eigenvalue weighted by Crippen LogP contribution is -2.32. The second kappa shape index (κ2) is 7.50. The van der Waals surface area contributed by atoms with E-state index in [4.69, 9.17) is 4.74 Å². The zero-order valence-corrected chi connectivity index (χ0v) is 12.3. The molecule has 0 unspecified atom stereocenters. The number of nitrogens with zero attached hydrogens (tertiary/aromatic N) is 4. The number of carbonyl (C=O) groups is 1. The van der Waals surface area contributed by atoms with Gasteiger partial charge in [0.25, 0.3) is 0 Å². The number of hydrogen-bond acceptors (Lipinski definition) is 6. The first kappa shape index (κ1) is 16.0. The normalized spacial score (nSPS) is 10.2. The minimum Gasteiger partial charge on any atom is -0.469 e. The predicted octanol–water partition coefficient (Wildman–Crippen LogP) is 0.616. The SMILES string of the molecule is COCCN(CCC(=O)OC)c1c(C#N)c(C)nn1C. The number of aromatic nitrogens is 2. The lowest BCUT2D eigenvalue weighted by molar-refractivity contribution is -0.140. The van der Waals surface area contributed by atoms with Crippen molar-refractivity contribution < 1.29 is 14.3 Å². The Hall–Kier alpha value is -2.07. The van der Waals surface area contributed by atoms with Crippen molar-refractivity contribution in [2.24, 2.45) is 7.05 Å². The van der Waals surface area contributed by atoms with E-state index in [0.717, 1.165) is 0 Å². The average Bonchev–Trinajstić information content (AvgIpc) is 2.72. The molecule has 0 saturated heterocycles. The van der Waals surface area contributed by atoms with Crippen molar-refractivity contribution in [2.45, 2.75) is 13.3 Å². The molecule has 0 bridgehead atoms. The smallest absolute Gasteiger partial charge is 0.307 e. The van der Waals surface area contributed by atoms with Crippen LogP contribution in [0.5, 0.6) is 0 Å². The zero-order valence-electron chi connectivity index (χ0n) is 12.3. The maximum Gasteiger partial charge on any atom is 0.307 e. The van der Waals surface area contributed by atoms with Gasteiger partial charge in [-0.05, 0) is 6.92 Å². The van der Waals surface area contributed by atoms with Gasteiger partial charge in [-0.3, -0.25) is 9.48 Å². The number of ether oxygens (including phenoxy) is 2. The molecule has 0 spiro atoms. The predicted molar refractivity (Wildman–Crippen MR) is 73.4 cm³/mol. The molecule has 0 aliphatic rings. The molecule has 7 nitrogen and oxygen atoms in total. The standard InChI is InChI=1S/C13H20N4O3/c1-10-11(9-14)13(16(2)15-10)17(7-8-19-3)6-5-12(18)20-4/h5-8H2,1-4H3. The third-order valence-electron chi connectivity index (χ3n) is 2.98. The summed E-state index contributed by atoms with van der Waals surface area (Å²) in [6.07, 6.45) is 0.245. The molecule has 20 heavy (non-hydrogen) atoms. The first-order valence-corrected chi connectivity index (χ1v) is 6.29. The van der Waals surface area contributed by atoms with E-state index < -0.39 is 0 Å². The molecular weight excluding hydrogens is 260 g/mol. The van der Waals surface area contributed by atoms with Gasteiger partial charge in [0.1, 0.15) is 17.5 Å². The van der Waals surface area contributed by atoms with Gasteiger partial charge in [0, 0.05) is 27.2 Å². The first-order chi connectivity index (χ1) is 9.54. The van der Waals surface area contributed by atoms with E-state index in [1.807, 2.05) is 4.90 Å². The van der Waals surface area contributed by atoms with Crippen LogP contribution in [-0.2, 0) is 21.3 Å². The molecule has 1 aromatic rings. The van der Waals surface area contributed by atoms with Crippen LogP contribution in [0.2, 0.25) is 0 Å². The maximum absolute atomic E-state index is 11.3. The van der Waals surface area contributed by atoms with Gasteiger partial charge in [-0.25, -0.2) is 0 Å². The fraction of sp³-hybridized carbons (Fsp3) is 0.615. The van der Waals surface area contributed by atoms with E-state index in [-0.39, 0.29) is 12.4 Å². The molecule has 0 atom stereocenters. The van der Waals surface area contributed by atoms with Gasteiger partial charge in [-0.15, -0.1) is 0 Å². The fourth-order valence-corrected chi connectivity index (χ4v) is 1.99. The van der Waals surface area contributed by atoms with Crippen molar-refractivity contribution in [3.63, 3.8) is 0 Å². The molecule has 1 heterocycles. The number of aryl methyl sites for hydroxylation is 2. The molecule has 0 aromatic carbocycles. The zero-order chi connectivity index (χ0) is 15.1. The van der Waals surface area contributed by atoms with E-state index >= 15 is 0 Å². The van der Waals surface area contributed by atoms with Crippen LogP contribution in [0.4, 0.5) is 5.82 Å². The van der Waals surface area contributed by atoms with Crippen LogP contribution in [0.1, 0.15) is 17.7 Å². The van der Waals surface area contributed by atoms with Gasteiger partial charge >= 0.3 is 5.97 Å². The summed E-state index contributed by atoms with van der Waals surface area (Å²) in [6.45, 7) is 3.30. The Morgan fingerprint density at radius 1 is 1.45 bits per heavy atom. The number of rotatable bonds is 7. The summed E-state index contributed by atoms with van der Waals surface area (Å²) in [5.41, 5.74) is 1.19. The van der Waals surface area contributed by atoms with E-state index in [2.05, 4.69) is 15.9 Å². The number of nitriles is 1. The van der Waals surface area contributed by atoms with Crippen molar-refractivity contribution >= 4 is 11.8 Å². The highest BCUT2D eigenvalue weighted by Gasteiger charge is 2.20. The van der Waals surface area contributed by atoms with Crippen LogP contribution in [-0.4, -0.2) is 49.7 Å².